The molecule has 2 nitrogen and oxygen atoms in total. The van der Waals surface area contributed by atoms with Crippen LogP contribution in [0.3, 0.4) is 0 Å². The van der Waals surface area contributed by atoms with Crippen LogP contribution in [0.25, 0.3) is 0 Å². The molecule has 3 heteroatoms. The summed E-state index contributed by atoms with van der Waals surface area (Å²) in [6, 6.07) is 8.06. The SMILES string of the molecule is CCCCCCCCCCn1ccnc1Cc1ccc(Cl)cc1. The lowest BCUT2D eigenvalue weighted by molar-refractivity contribution is 0.537. The van der Waals surface area contributed by atoms with E-state index in [2.05, 4.69) is 34.8 Å². The third-order valence-corrected chi connectivity index (χ3v) is 4.58. The van der Waals surface area contributed by atoms with Gasteiger partial charge in [0.1, 0.15) is 5.82 Å². The summed E-state index contributed by atoms with van der Waals surface area (Å²) >= 11 is 5.94. The van der Waals surface area contributed by atoms with E-state index >= 15 is 0 Å². The van der Waals surface area contributed by atoms with Crippen LogP contribution in [0.1, 0.15) is 69.7 Å². The lowest BCUT2D eigenvalue weighted by Gasteiger charge is -2.08. The van der Waals surface area contributed by atoms with Crippen LogP contribution in [0.4, 0.5) is 0 Å². The smallest absolute Gasteiger partial charge is 0.113 e. The van der Waals surface area contributed by atoms with Crippen molar-refractivity contribution in [2.24, 2.45) is 0 Å². The zero-order chi connectivity index (χ0) is 16.3. The van der Waals surface area contributed by atoms with Crippen LogP contribution >= 0.6 is 11.6 Å². The minimum absolute atomic E-state index is 0.788. The Bertz CT molecular complexity index is 545. The highest BCUT2D eigenvalue weighted by atomic mass is 35.5. The number of nitrogens with zero attached hydrogens (tertiary/aromatic N) is 2. The maximum absolute atomic E-state index is 5.94. The molecule has 2 aromatic rings. The molecule has 1 aromatic carbocycles. The maximum Gasteiger partial charge on any atom is 0.113 e. The number of aryl methyl sites for hydroxylation is 1. The van der Waals surface area contributed by atoms with Crippen molar-refractivity contribution in [3.63, 3.8) is 0 Å². The average molecular weight is 333 g/mol. The van der Waals surface area contributed by atoms with Crippen LogP contribution < -0.4 is 0 Å². The molecule has 0 aliphatic carbocycles. The van der Waals surface area contributed by atoms with Crippen molar-refractivity contribution in [3.05, 3.63) is 53.1 Å². The Hall–Kier alpha value is -1.28. The minimum Gasteiger partial charge on any atom is -0.335 e. The Morgan fingerprint density at radius 2 is 1.57 bits per heavy atom. The number of imidazole rings is 1. The second-order valence-electron chi connectivity index (χ2n) is 6.31. The molecule has 0 N–H and O–H groups in total. The monoisotopic (exact) mass is 332 g/mol. The molecule has 0 bridgehead atoms. The van der Waals surface area contributed by atoms with Crippen LogP contribution in [0.2, 0.25) is 5.02 Å². The molecule has 0 radical (unpaired) electrons. The fourth-order valence-corrected chi connectivity index (χ4v) is 3.04. The lowest BCUT2D eigenvalue weighted by atomic mass is 10.1. The van der Waals surface area contributed by atoms with Crippen molar-refractivity contribution < 1.29 is 0 Å². The summed E-state index contributed by atoms with van der Waals surface area (Å²) in [5, 5.41) is 0.788. The first kappa shape index (κ1) is 18.1. The summed E-state index contributed by atoms with van der Waals surface area (Å²) < 4.78 is 2.30. The van der Waals surface area contributed by atoms with E-state index in [0.717, 1.165) is 23.8 Å². The summed E-state index contributed by atoms with van der Waals surface area (Å²) in [5.41, 5.74) is 1.26. The topological polar surface area (TPSA) is 17.8 Å². The molecule has 0 aliphatic heterocycles. The zero-order valence-electron chi connectivity index (χ0n) is 14.3. The highest BCUT2D eigenvalue weighted by Crippen LogP contribution is 2.14. The molecular formula is C20H29ClN2. The molecule has 0 fully saturated rings. The van der Waals surface area contributed by atoms with Crippen LogP contribution in [-0.2, 0) is 13.0 Å². The summed E-state index contributed by atoms with van der Waals surface area (Å²) in [4.78, 5) is 4.51. The Labute approximate surface area is 145 Å². The van der Waals surface area contributed by atoms with E-state index < -0.39 is 0 Å². The third-order valence-electron chi connectivity index (χ3n) is 4.33. The first-order valence-electron chi connectivity index (χ1n) is 9.04. The number of unbranched alkanes of at least 4 members (excludes halogenated alkanes) is 7. The van der Waals surface area contributed by atoms with Crippen LogP contribution in [0, 0.1) is 0 Å². The standard InChI is InChI=1S/C20H29ClN2/c1-2-3-4-5-6-7-8-9-15-23-16-14-22-20(23)17-18-10-12-19(21)13-11-18/h10-14,16H,2-9,15,17H2,1H3. The molecule has 1 heterocycles. The van der Waals surface area contributed by atoms with Gasteiger partial charge in [0.2, 0.25) is 0 Å². The van der Waals surface area contributed by atoms with E-state index in [0.29, 0.717) is 0 Å². The Kier molecular flexibility index (Phi) is 8.24. The van der Waals surface area contributed by atoms with Gasteiger partial charge in [0.05, 0.1) is 0 Å². The maximum atomic E-state index is 5.94. The Morgan fingerprint density at radius 1 is 0.913 bits per heavy atom. The molecule has 0 saturated heterocycles. The van der Waals surface area contributed by atoms with E-state index in [9.17, 15) is 0 Å². The normalized spacial score (nSPS) is 11.0. The van der Waals surface area contributed by atoms with Gasteiger partial charge < -0.3 is 4.57 Å². The van der Waals surface area contributed by atoms with Gasteiger partial charge in [-0.1, -0.05) is 75.6 Å². The van der Waals surface area contributed by atoms with Gasteiger partial charge >= 0.3 is 0 Å². The number of hydrogen-bond donors (Lipinski definition) is 0. The van der Waals surface area contributed by atoms with E-state index in [1.165, 1.54) is 56.9 Å². The summed E-state index contributed by atoms with van der Waals surface area (Å²) in [5.74, 6) is 1.15. The summed E-state index contributed by atoms with van der Waals surface area (Å²) in [6.07, 6.45) is 15.8. The molecular weight excluding hydrogens is 304 g/mol. The van der Waals surface area contributed by atoms with Crippen LogP contribution in [-0.4, -0.2) is 9.55 Å². The average Bonchev–Trinajstić information content (AvgIpc) is 2.99. The van der Waals surface area contributed by atoms with Gasteiger partial charge in [-0.3, -0.25) is 0 Å². The number of aromatic nitrogens is 2. The van der Waals surface area contributed by atoms with Crippen molar-refractivity contribution in [2.75, 3.05) is 0 Å². The minimum atomic E-state index is 0.788. The van der Waals surface area contributed by atoms with Gasteiger partial charge in [-0.25, -0.2) is 4.98 Å². The number of rotatable bonds is 11. The molecule has 0 amide bonds. The fourth-order valence-electron chi connectivity index (χ4n) is 2.91. The summed E-state index contributed by atoms with van der Waals surface area (Å²) in [7, 11) is 0. The first-order valence-corrected chi connectivity index (χ1v) is 9.42. The van der Waals surface area contributed by atoms with Gasteiger partial charge in [0.25, 0.3) is 0 Å². The Balaban J connectivity index is 1.68. The highest BCUT2D eigenvalue weighted by molar-refractivity contribution is 6.30. The van der Waals surface area contributed by atoms with Crippen LogP contribution in [0.5, 0.6) is 0 Å². The van der Waals surface area contributed by atoms with Crippen molar-refractivity contribution in [3.8, 4) is 0 Å². The van der Waals surface area contributed by atoms with Gasteiger partial charge in [-0.2, -0.15) is 0 Å². The predicted molar refractivity (Wildman–Crippen MR) is 99.1 cm³/mol. The Morgan fingerprint density at radius 3 is 2.26 bits per heavy atom. The number of benzene rings is 1. The van der Waals surface area contributed by atoms with Crippen molar-refractivity contribution in [1.29, 1.82) is 0 Å². The molecule has 0 saturated carbocycles. The van der Waals surface area contributed by atoms with E-state index in [1.807, 2.05) is 18.3 Å². The number of halogens is 1. The van der Waals surface area contributed by atoms with Gasteiger partial charge in [0.15, 0.2) is 0 Å². The molecule has 1 aromatic heterocycles. The fraction of sp³-hybridized carbons (Fsp3) is 0.550. The van der Waals surface area contributed by atoms with Crippen LogP contribution in [0.15, 0.2) is 36.7 Å². The molecule has 0 unspecified atom stereocenters. The van der Waals surface area contributed by atoms with E-state index in [1.54, 1.807) is 0 Å². The quantitative estimate of drug-likeness (QED) is 0.443. The van der Waals surface area contributed by atoms with Crippen molar-refractivity contribution in [2.45, 2.75) is 71.3 Å². The number of hydrogen-bond acceptors (Lipinski definition) is 1. The van der Waals surface area contributed by atoms with Gasteiger partial charge in [0, 0.05) is 30.4 Å². The van der Waals surface area contributed by atoms with Crippen molar-refractivity contribution in [1.82, 2.24) is 9.55 Å². The van der Waals surface area contributed by atoms with E-state index in [4.69, 9.17) is 11.6 Å². The lowest BCUT2D eigenvalue weighted by Crippen LogP contribution is -2.04. The third kappa shape index (κ3) is 6.78. The molecule has 23 heavy (non-hydrogen) atoms. The molecule has 0 spiro atoms. The van der Waals surface area contributed by atoms with Crippen molar-refractivity contribution >= 4 is 11.6 Å². The highest BCUT2D eigenvalue weighted by Gasteiger charge is 2.04. The zero-order valence-corrected chi connectivity index (χ0v) is 15.1. The predicted octanol–water partition coefficient (Wildman–Crippen LogP) is 6.27. The molecule has 126 valence electrons. The van der Waals surface area contributed by atoms with Gasteiger partial charge in [-0.05, 0) is 24.1 Å². The molecule has 0 atom stereocenters. The largest absolute Gasteiger partial charge is 0.335 e. The second kappa shape index (κ2) is 10.5. The summed E-state index contributed by atoms with van der Waals surface area (Å²) in [6.45, 7) is 3.35. The first-order chi connectivity index (χ1) is 11.3. The van der Waals surface area contributed by atoms with Gasteiger partial charge in [-0.15, -0.1) is 0 Å². The molecule has 0 aliphatic rings. The van der Waals surface area contributed by atoms with E-state index in [-0.39, 0.29) is 0 Å². The molecule has 2 rings (SSSR count). The second-order valence-corrected chi connectivity index (χ2v) is 6.75.